The predicted molar refractivity (Wildman–Crippen MR) is 147 cm³/mol. The van der Waals surface area contributed by atoms with Crippen LogP contribution in [0.4, 0.5) is 0 Å². The quantitative estimate of drug-likeness (QED) is 0.262. The molecule has 3 aromatic rings. The number of carboxylic acids is 2. The molecule has 2 aliphatic carbocycles. The Morgan fingerprint density at radius 3 is 1.42 bits per heavy atom. The number of ether oxygens (including phenoxy) is 4. The van der Waals surface area contributed by atoms with Gasteiger partial charge in [0.15, 0.2) is 34.5 Å². The molecule has 1 heterocycles. The number of carboxylic acid groups (broad SMARTS) is 2. The van der Waals surface area contributed by atoms with Crippen LogP contribution in [0.2, 0.25) is 0 Å². The van der Waals surface area contributed by atoms with Crippen molar-refractivity contribution in [1.82, 2.24) is 0 Å². The van der Waals surface area contributed by atoms with Crippen LogP contribution in [0.25, 0.3) is 0 Å². The van der Waals surface area contributed by atoms with E-state index in [0.717, 1.165) is 29.5 Å². The summed E-state index contributed by atoms with van der Waals surface area (Å²) in [6.45, 7) is 11.9. The minimum absolute atomic E-state index is 0. The number of methoxy groups -OCH3 is 2. The molecular formula is C33H32Na2O8. The first-order valence-corrected chi connectivity index (χ1v) is 13.6. The van der Waals surface area contributed by atoms with Crippen molar-refractivity contribution in [3.63, 3.8) is 0 Å². The Morgan fingerprint density at radius 2 is 1.02 bits per heavy atom. The van der Waals surface area contributed by atoms with Crippen LogP contribution in [0, 0.1) is 13.8 Å². The zero-order valence-corrected chi connectivity index (χ0v) is 30.5. The largest absolute Gasteiger partial charge is 1.00 e. The van der Waals surface area contributed by atoms with Gasteiger partial charge in [0.05, 0.1) is 26.2 Å². The number of carbonyl (C=O) groups excluding carboxylic acids is 2. The Labute approximate surface area is 295 Å². The summed E-state index contributed by atoms with van der Waals surface area (Å²) >= 11 is 0. The van der Waals surface area contributed by atoms with Gasteiger partial charge in [-0.2, -0.15) is 0 Å². The Bertz CT molecular complexity index is 1710. The van der Waals surface area contributed by atoms with Crippen LogP contribution in [0.3, 0.4) is 0 Å². The van der Waals surface area contributed by atoms with Crippen molar-refractivity contribution >= 4 is 11.9 Å². The molecule has 43 heavy (non-hydrogen) atoms. The maximum atomic E-state index is 12.2. The zero-order chi connectivity index (χ0) is 29.8. The predicted octanol–water partition coefficient (Wildman–Crippen LogP) is -1.40. The number of carbonyl (C=O) groups is 2. The van der Waals surface area contributed by atoms with Gasteiger partial charge < -0.3 is 38.7 Å². The molecule has 1 aliphatic heterocycles. The summed E-state index contributed by atoms with van der Waals surface area (Å²) in [7, 11) is 3.26. The van der Waals surface area contributed by atoms with E-state index in [2.05, 4.69) is 39.8 Å². The van der Waals surface area contributed by atoms with Gasteiger partial charge >= 0.3 is 59.1 Å². The normalized spacial score (nSPS) is 19.3. The second-order valence-corrected chi connectivity index (χ2v) is 12.7. The molecular weight excluding hydrogens is 570 g/mol. The summed E-state index contributed by atoms with van der Waals surface area (Å²) in [4.78, 5) is 24.4. The number of aromatic carboxylic acids is 2. The second-order valence-electron chi connectivity index (χ2n) is 12.7. The van der Waals surface area contributed by atoms with Crippen LogP contribution in [0.5, 0.6) is 34.5 Å². The van der Waals surface area contributed by atoms with Crippen molar-refractivity contribution in [2.45, 2.75) is 70.6 Å². The van der Waals surface area contributed by atoms with Crippen molar-refractivity contribution in [3.8, 4) is 34.5 Å². The minimum Gasteiger partial charge on any atom is -0.545 e. The van der Waals surface area contributed by atoms with E-state index in [1.54, 1.807) is 14.2 Å². The Balaban J connectivity index is 0.00000212. The van der Waals surface area contributed by atoms with E-state index in [1.807, 2.05) is 12.1 Å². The summed E-state index contributed by atoms with van der Waals surface area (Å²) in [5.74, 6) is -1.37. The third kappa shape index (κ3) is 4.72. The van der Waals surface area contributed by atoms with E-state index in [9.17, 15) is 19.8 Å². The van der Waals surface area contributed by atoms with Gasteiger partial charge in [-0.05, 0) is 95.2 Å². The molecule has 214 valence electrons. The van der Waals surface area contributed by atoms with E-state index in [-0.39, 0.29) is 109 Å². The molecule has 3 aliphatic rings. The number of hydrogen-bond acceptors (Lipinski definition) is 8. The molecule has 0 aromatic heterocycles. The van der Waals surface area contributed by atoms with E-state index in [1.165, 1.54) is 19.4 Å². The maximum Gasteiger partial charge on any atom is 1.00 e. The van der Waals surface area contributed by atoms with Crippen molar-refractivity contribution in [1.29, 1.82) is 0 Å². The van der Waals surface area contributed by atoms with E-state index in [0.29, 0.717) is 23.0 Å². The van der Waals surface area contributed by atoms with Crippen LogP contribution in [-0.2, 0) is 16.2 Å². The third-order valence-corrected chi connectivity index (χ3v) is 9.39. The second kappa shape index (κ2) is 11.0. The molecule has 3 aromatic carbocycles. The molecule has 0 N–H and O–H groups in total. The first-order chi connectivity index (χ1) is 19.2. The van der Waals surface area contributed by atoms with Gasteiger partial charge in [-0.1, -0.05) is 27.7 Å². The fourth-order valence-corrected chi connectivity index (χ4v) is 7.65. The number of hydrogen-bond donors (Lipinski definition) is 0. The van der Waals surface area contributed by atoms with E-state index >= 15 is 0 Å². The van der Waals surface area contributed by atoms with Crippen LogP contribution in [-0.4, -0.2) is 26.2 Å². The maximum absolute atomic E-state index is 12.2. The van der Waals surface area contributed by atoms with Gasteiger partial charge in [-0.3, -0.25) is 0 Å². The van der Waals surface area contributed by atoms with Gasteiger partial charge in [-0.25, -0.2) is 0 Å². The van der Waals surface area contributed by atoms with Gasteiger partial charge in [0.1, 0.15) is 0 Å². The fourth-order valence-electron chi connectivity index (χ4n) is 7.65. The number of benzene rings is 3. The summed E-state index contributed by atoms with van der Waals surface area (Å²) in [6.07, 6.45) is 1.64. The molecule has 1 atom stereocenters. The monoisotopic (exact) mass is 602 g/mol. The van der Waals surface area contributed by atoms with Crippen LogP contribution in [0.1, 0.15) is 94.6 Å². The van der Waals surface area contributed by atoms with Crippen LogP contribution in [0.15, 0.2) is 24.3 Å². The first-order valence-electron chi connectivity index (χ1n) is 13.6. The smallest absolute Gasteiger partial charge is 0.545 e. The molecule has 8 nitrogen and oxygen atoms in total. The summed E-state index contributed by atoms with van der Waals surface area (Å²) in [5.41, 5.74) is 3.60. The molecule has 10 heteroatoms. The van der Waals surface area contributed by atoms with Crippen molar-refractivity contribution in [2.24, 2.45) is 0 Å². The zero-order valence-electron chi connectivity index (χ0n) is 26.5. The first kappa shape index (κ1) is 33.7. The standard InChI is InChI=1S/C33H34O8.2Na/c1-15-16(2)26(30(36)37)28-27(25(15)29(34)35)40-23-10-18-20(12-24(23)41-28)33(14-32(18,5)6)13-31(3,4)17-9-21(38-7)22(39-8)11-19(17)33;;/h9-12H,13-14H2,1-8H3,(H,34,35)(H,36,37);;/q;2*+1/p-2. The summed E-state index contributed by atoms with van der Waals surface area (Å²) in [6, 6.07) is 7.98. The minimum atomic E-state index is -1.48. The van der Waals surface area contributed by atoms with Gasteiger partial charge in [0.2, 0.25) is 0 Å². The summed E-state index contributed by atoms with van der Waals surface area (Å²) in [5, 5.41) is 24.4. The molecule has 0 amide bonds. The van der Waals surface area contributed by atoms with Crippen molar-refractivity contribution < 1.29 is 97.9 Å². The fraction of sp³-hybridized carbons (Fsp3) is 0.394. The average Bonchev–Trinajstić information content (AvgIpc) is 3.24. The molecule has 0 saturated carbocycles. The van der Waals surface area contributed by atoms with Gasteiger partial charge in [0.25, 0.3) is 0 Å². The molecule has 1 unspecified atom stereocenters. The van der Waals surface area contributed by atoms with Gasteiger partial charge in [-0.15, -0.1) is 0 Å². The molecule has 6 rings (SSSR count). The van der Waals surface area contributed by atoms with Crippen LogP contribution < -0.4 is 88.3 Å². The van der Waals surface area contributed by atoms with Crippen LogP contribution >= 0.6 is 0 Å². The molecule has 0 bridgehead atoms. The number of fused-ring (bicyclic) bond motifs is 6. The Morgan fingerprint density at radius 1 is 0.674 bits per heavy atom. The van der Waals surface area contributed by atoms with Crippen molar-refractivity contribution in [2.75, 3.05) is 14.2 Å². The Hall–Kier alpha value is -2.20. The molecule has 1 spiro atoms. The molecule has 0 saturated heterocycles. The van der Waals surface area contributed by atoms with E-state index in [4.69, 9.17) is 18.9 Å². The van der Waals surface area contributed by atoms with Crippen molar-refractivity contribution in [3.05, 3.63) is 68.8 Å². The van der Waals surface area contributed by atoms with Gasteiger partial charge in [0, 0.05) is 16.5 Å². The average molecular weight is 603 g/mol. The SMILES string of the molecule is COc1cc2c(cc1OC)C1(CC2(C)C)CC(C)(C)c2cc3c(cc21)Oc1c(c(C(=O)[O-])c(C)c(C)c1C(=O)[O-])O3.[Na+].[Na+]. The third-order valence-electron chi connectivity index (χ3n) is 9.39. The summed E-state index contributed by atoms with van der Waals surface area (Å²) < 4.78 is 23.7. The topological polar surface area (TPSA) is 117 Å². The Kier molecular flexibility index (Phi) is 8.62. The number of rotatable bonds is 4. The molecule has 0 fully saturated rings. The molecule has 0 radical (unpaired) electrons. The van der Waals surface area contributed by atoms with E-state index < -0.39 is 11.9 Å².